The number of likely N-dealkylation sites (tertiary alicyclic amines) is 1. The number of thiazole rings is 1. The molecule has 2 aliphatic rings. The Balaban J connectivity index is 1.68. The maximum Gasteiger partial charge on any atom is 0.0794 e. The molecule has 0 amide bonds. The van der Waals surface area contributed by atoms with Gasteiger partial charge in [0.25, 0.3) is 0 Å². The molecule has 0 aliphatic carbocycles. The maximum atomic E-state index is 4.18. The summed E-state index contributed by atoms with van der Waals surface area (Å²) in [5, 5.41) is 3.66. The van der Waals surface area contributed by atoms with Crippen molar-refractivity contribution in [2.45, 2.75) is 31.8 Å². The molecule has 16 heavy (non-hydrogen) atoms. The quantitative estimate of drug-likeness (QED) is 0.851. The van der Waals surface area contributed by atoms with Gasteiger partial charge in [-0.15, -0.1) is 11.3 Å². The predicted octanol–water partition coefficient (Wildman–Crippen LogP) is 1.89. The van der Waals surface area contributed by atoms with E-state index in [1.54, 1.807) is 11.3 Å². The van der Waals surface area contributed by atoms with E-state index >= 15 is 0 Å². The lowest BCUT2D eigenvalue weighted by Crippen LogP contribution is -2.40. The van der Waals surface area contributed by atoms with E-state index in [4.69, 9.17) is 0 Å². The molecule has 2 fully saturated rings. The summed E-state index contributed by atoms with van der Waals surface area (Å²) in [6, 6.07) is 1.28. The van der Waals surface area contributed by atoms with Crippen molar-refractivity contribution in [3.8, 4) is 0 Å². The van der Waals surface area contributed by atoms with E-state index in [0.717, 1.165) is 12.0 Å². The lowest BCUT2D eigenvalue weighted by molar-refractivity contribution is 0.254. The highest BCUT2D eigenvalue weighted by Crippen LogP contribution is 2.32. The Kier molecular flexibility index (Phi) is 2.96. The van der Waals surface area contributed by atoms with Crippen LogP contribution in [0.1, 0.15) is 30.7 Å². The SMILES string of the molecule is CC(c1cncs1)N1CC2CCCNC2C1. The predicted molar refractivity (Wildman–Crippen MR) is 66.6 cm³/mol. The number of fused-ring (bicyclic) bond motifs is 1. The van der Waals surface area contributed by atoms with E-state index in [1.807, 2.05) is 11.7 Å². The number of nitrogens with zero attached hydrogens (tertiary/aromatic N) is 2. The van der Waals surface area contributed by atoms with Crippen LogP contribution in [0.15, 0.2) is 11.7 Å². The fourth-order valence-corrected chi connectivity index (χ4v) is 3.72. The average Bonchev–Trinajstić information content (AvgIpc) is 2.97. The van der Waals surface area contributed by atoms with Gasteiger partial charge < -0.3 is 5.32 Å². The monoisotopic (exact) mass is 237 g/mol. The van der Waals surface area contributed by atoms with Gasteiger partial charge in [-0.05, 0) is 32.2 Å². The van der Waals surface area contributed by atoms with Gasteiger partial charge in [0, 0.05) is 36.2 Å². The lowest BCUT2D eigenvalue weighted by atomic mass is 9.94. The van der Waals surface area contributed by atoms with Crippen LogP contribution in [0.4, 0.5) is 0 Å². The molecule has 3 unspecified atom stereocenters. The molecule has 3 nitrogen and oxygen atoms in total. The van der Waals surface area contributed by atoms with Crippen LogP contribution in [0.2, 0.25) is 0 Å². The van der Waals surface area contributed by atoms with Crippen LogP contribution in [-0.4, -0.2) is 35.6 Å². The van der Waals surface area contributed by atoms with Gasteiger partial charge in [-0.3, -0.25) is 9.88 Å². The van der Waals surface area contributed by atoms with E-state index in [-0.39, 0.29) is 0 Å². The summed E-state index contributed by atoms with van der Waals surface area (Å²) in [7, 11) is 0. The van der Waals surface area contributed by atoms with Crippen LogP contribution in [0.5, 0.6) is 0 Å². The molecule has 0 aromatic carbocycles. The van der Waals surface area contributed by atoms with Gasteiger partial charge in [0.1, 0.15) is 0 Å². The third-order valence-electron chi connectivity index (χ3n) is 4.04. The first kappa shape index (κ1) is 10.7. The molecule has 3 atom stereocenters. The van der Waals surface area contributed by atoms with Crippen LogP contribution in [0.3, 0.4) is 0 Å². The van der Waals surface area contributed by atoms with Crippen LogP contribution in [0, 0.1) is 5.92 Å². The zero-order valence-electron chi connectivity index (χ0n) is 9.72. The third-order valence-corrected chi connectivity index (χ3v) is 4.98. The summed E-state index contributed by atoms with van der Waals surface area (Å²) in [5.41, 5.74) is 1.94. The molecular weight excluding hydrogens is 218 g/mol. The van der Waals surface area contributed by atoms with E-state index in [1.165, 1.54) is 37.4 Å². The van der Waals surface area contributed by atoms with Crippen LogP contribution in [-0.2, 0) is 0 Å². The second-order valence-electron chi connectivity index (χ2n) is 5.00. The highest BCUT2D eigenvalue weighted by molar-refractivity contribution is 7.09. The Morgan fingerprint density at radius 3 is 3.25 bits per heavy atom. The van der Waals surface area contributed by atoms with Crippen molar-refractivity contribution in [2.24, 2.45) is 5.92 Å². The lowest BCUT2D eigenvalue weighted by Gasteiger charge is -2.24. The van der Waals surface area contributed by atoms with Gasteiger partial charge in [-0.1, -0.05) is 0 Å². The fourth-order valence-electron chi connectivity index (χ4n) is 3.01. The van der Waals surface area contributed by atoms with Crippen molar-refractivity contribution in [2.75, 3.05) is 19.6 Å². The molecule has 3 rings (SSSR count). The highest BCUT2D eigenvalue weighted by atomic mass is 32.1. The molecule has 0 spiro atoms. The first-order valence-electron chi connectivity index (χ1n) is 6.20. The second-order valence-corrected chi connectivity index (χ2v) is 5.91. The zero-order valence-corrected chi connectivity index (χ0v) is 10.5. The van der Waals surface area contributed by atoms with Crippen molar-refractivity contribution in [3.63, 3.8) is 0 Å². The summed E-state index contributed by atoms with van der Waals surface area (Å²) in [4.78, 5) is 8.20. The summed E-state index contributed by atoms with van der Waals surface area (Å²) in [6.45, 7) is 6.00. The largest absolute Gasteiger partial charge is 0.312 e. The van der Waals surface area contributed by atoms with Gasteiger partial charge >= 0.3 is 0 Å². The Morgan fingerprint density at radius 2 is 2.50 bits per heavy atom. The first-order valence-corrected chi connectivity index (χ1v) is 7.08. The molecular formula is C12H19N3S. The minimum atomic E-state index is 0.542. The van der Waals surface area contributed by atoms with Crippen LogP contribution < -0.4 is 5.32 Å². The zero-order chi connectivity index (χ0) is 11.0. The van der Waals surface area contributed by atoms with Gasteiger partial charge in [0.05, 0.1) is 5.51 Å². The number of nitrogens with one attached hydrogen (secondary N) is 1. The maximum absolute atomic E-state index is 4.18. The summed E-state index contributed by atoms with van der Waals surface area (Å²) in [5.74, 6) is 0.879. The molecule has 2 aliphatic heterocycles. The highest BCUT2D eigenvalue weighted by Gasteiger charge is 2.36. The number of rotatable bonds is 2. The Bertz CT molecular complexity index is 324. The molecule has 0 bridgehead atoms. The fraction of sp³-hybridized carbons (Fsp3) is 0.750. The number of hydrogen-bond donors (Lipinski definition) is 1. The minimum Gasteiger partial charge on any atom is -0.312 e. The van der Waals surface area contributed by atoms with Crippen molar-refractivity contribution in [3.05, 3.63) is 16.6 Å². The molecule has 1 aromatic rings. The van der Waals surface area contributed by atoms with Crippen molar-refractivity contribution in [1.82, 2.24) is 15.2 Å². The van der Waals surface area contributed by atoms with Crippen LogP contribution in [0.25, 0.3) is 0 Å². The smallest absolute Gasteiger partial charge is 0.0794 e. The first-order chi connectivity index (χ1) is 7.84. The Labute approximate surface area is 101 Å². The van der Waals surface area contributed by atoms with Gasteiger partial charge in [-0.25, -0.2) is 0 Å². The average molecular weight is 237 g/mol. The van der Waals surface area contributed by atoms with Gasteiger partial charge in [0.2, 0.25) is 0 Å². The molecule has 1 aromatic heterocycles. The minimum absolute atomic E-state index is 0.542. The van der Waals surface area contributed by atoms with E-state index in [2.05, 4.69) is 22.1 Å². The van der Waals surface area contributed by atoms with Crippen molar-refractivity contribution in [1.29, 1.82) is 0 Å². The Morgan fingerprint density at radius 1 is 1.56 bits per heavy atom. The number of piperidine rings is 1. The summed E-state index contributed by atoms with van der Waals surface area (Å²) < 4.78 is 0. The summed E-state index contributed by atoms with van der Waals surface area (Å²) in [6.07, 6.45) is 4.78. The van der Waals surface area contributed by atoms with Gasteiger partial charge in [0.15, 0.2) is 0 Å². The molecule has 2 saturated heterocycles. The van der Waals surface area contributed by atoms with E-state index in [9.17, 15) is 0 Å². The molecule has 0 saturated carbocycles. The topological polar surface area (TPSA) is 28.2 Å². The standard InChI is InChI=1S/C12H19N3S/c1-9(12-5-13-8-16-12)15-6-10-3-2-4-14-11(10)7-15/h5,8-11,14H,2-4,6-7H2,1H3. The molecule has 0 radical (unpaired) electrons. The molecule has 88 valence electrons. The van der Waals surface area contributed by atoms with Gasteiger partial charge in [-0.2, -0.15) is 0 Å². The molecule has 1 N–H and O–H groups in total. The molecule has 4 heteroatoms. The second kappa shape index (κ2) is 4.43. The number of hydrogen-bond acceptors (Lipinski definition) is 4. The number of aromatic nitrogens is 1. The van der Waals surface area contributed by atoms with E-state index < -0.39 is 0 Å². The summed E-state index contributed by atoms with van der Waals surface area (Å²) >= 11 is 1.78. The van der Waals surface area contributed by atoms with E-state index in [0.29, 0.717) is 6.04 Å². The normalized spacial score (nSPS) is 32.6. The third kappa shape index (κ3) is 1.90. The van der Waals surface area contributed by atoms with Crippen LogP contribution >= 0.6 is 11.3 Å². The van der Waals surface area contributed by atoms with Crippen molar-refractivity contribution < 1.29 is 0 Å². The molecule has 3 heterocycles. The Hall–Kier alpha value is -0.450. The van der Waals surface area contributed by atoms with Crippen molar-refractivity contribution >= 4 is 11.3 Å².